The van der Waals surface area contributed by atoms with E-state index in [2.05, 4.69) is 15.2 Å². The van der Waals surface area contributed by atoms with Gasteiger partial charge in [0.2, 0.25) is 0 Å². The monoisotopic (exact) mass is 535 g/mol. The van der Waals surface area contributed by atoms with E-state index in [1.165, 1.54) is 25.0 Å². The first-order valence-corrected chi connectivity index (χ1v) is 10.7. The maximum Gasteiger partial charge on any atom is 0.193 e. The molecular formula is C22H35FIN3O3. The standard InChI is InChI=1S/C22H34FN3O3.HI/c1-17(29-20-8-6-18(23)7-9-20)15-25-22(24-2)26-12-10-19(11-13-26)28-16-21-5-3-4-14-27-21;/h6-9,17,19,21H,3-5,10-16H2,1-2H3,(H,24,25);1H. The number of hydrogen-bond acceptors (Lipinski definition) is 4. The number of guanidine groups is 1. The summed E-state index contributed by atoms with van der Waals surface area (Å²) in [6, 6.07) is 6.09. The molecule has 0 radical (unpaired) electrons. The van der Waals surface area contributed by atoms with Crippen LogP contribution in [0.4, 0.5) is 4.39 Å². The van der Waals surface area contributed by atoms with Crippen molar-refractivity contribution in [3.8, 4) is 5.75 Å². The van der Waals surface area contributed by atoms with Crippen molar-refractivity contribution in [3.63, 3.8) is 0 Å². The Hall–Kier alpha value is -1.13. The van der Waals surface area contributed by atoms with Crippen LogP contribution in [0.3, 0.4) is 0 Å². The Morgan fingerprint density at radius 1 is 1.23 bits per heavy atom. The van der Waals surface area contributed by atoms with E-state index in [0.717, 1.165) is 51.5 Å². The Morgan fingerprint density at radius 2 is 1.97 bits per heavy atom. The first-order chi connectivity index (χ1) is 14.1. The normalized spacial score (nSPS) is 21.6. The summed E-state index contributed by atoms with van der Waals surface area (Å²) in [5.41, 5.74) is 0. The molecule has 0 saturated carbocycles. The molecule has 30 heavy (non-hydrogen) atoms. The van der Waals surface area contributed by atoms with Crippen molar-refractivity contribution < 1.29 is 18.6 Å². The summed E-state index contributed by atoms with van der Waals surface area (Å²) >= 11 is 0. The largest absolute Gasteiger partial charge is 0.489 e. The molecule has 2 atom stereocenters. The second kappa shape index (κ2) is 13.3. The molecule has 2 unspecified atom stereocenters. The van der Waals surface area contributed by atoms with Crippen molar-refractivity contribution in [2.24, 2.45) is 4.99 Å². The summed E-state index contributed by atoms with van der Waals surface area (Å²) in [6.45, 7) is 6.04. The van der Waals surface area contributed by atoms with Crippen molar-refractivity contribution in [1.29, 1.82) is 0 Å². The number of nitrogens with zero attached hydrogens (tertiary/aromatic N) is 2. The molecule has 1 N–H and O–H groups in total. The van der Waals surface area contributed by atoms with Crippen molar-refractivity contribution in [3.05, 3.63) is 30.1 Å². The summed E-state index contributed by atoms with van der Waals surface area (Å²) in [5, 5.41) is 3.39. The summed E-state index contributed by atoms with van der Waals surface area (Å²) in [6.07, 6.45) is 6.05. The van der Waals surface area contributed by atoms with Gasteiger partial charge in [0.1, 0.15) is 17.7 Å². The molecule has 6 nitrogen and oxygen atoms in total. The molecule has 0 spiro atoms. The minimum atomic E-state index is -0.262. The number of piperidine rings is 1. The highest BCUT2D eigenvalue weighted by atomic mass is 127. The minimum absolute atomic E-state index is 0. The predicted molar refractivity (Wildman–Crippen MR) is 127 cm³/mol. The van der Waals surface area contributed by atoms with Crippen LogP contribution in [-0.4, -0.2) is 69.1 Å². The summed E-state index contributed by atoms with van der Waals surface area (Å²) in [4.78, 5) is 6.68. The van der Waals surface area contributed by atoms with Crippen LogP contribution in [0.2, 0.25) is 0 Å². The topological polar surface area (TPSA) is 55.3 Å². The van der Waals surface area contributed by atoms with Gasteiger partial charge in [-0.3, -0.25) is 4.99 Å². The van der Waals surface area contributed by atoms with E-state index in [1.54, 1.807) is 19.2 Å². The van der Waals surface area contributed by atoms with Crippen LogP contribution >= 0.6 is 24.0 Å². The van der Waals surface area contributed by atoms with Crippen molar-refractivity contribution in [2.45, 2.75) is 57.3 Å². The first-order valence-electron chi connectivity index (χ1n) is 10.7. The average molecular weight is 535 g/mol. The third kappa shape index (κ3) is 8.19. The van der Waals surface area contributed by atoms with Gasteiger partial charge in [-0.25, -0.2) is 4.39 Å². The molecule has 0 aromatic heterocycles. The van der Waals surface area contributed by atoms with E-state index in [0.29, 0.717) is 18.4 Å². The first kappa shape index (κ1) is 25.1. The third-order valence-electron chi connectivity index (χ3n) is 5.44. The van der Waals surface area contributed by atoms with Crippen LogP contribution < -0.4 is 10.1 Å². The Morgan fingerprint density at radius 3 is 2.60 bits per heavy atom. The lowest BCUT2D eigenvalue weighted by Gasteiger charge is -2.35. The fraction of sp³-hybridized carbons (Fsp3) is 0.682. The molecule has 170 valence electrons. The zero-order valence-corrected chi connectivity index (χ0v) is 20.3. The van der Waals surface area contributed by atoms with E-state index in [1.807, 2.05) is 6.92 Å². The number of rotatable bonds is 7. The van der Waals surface area contributed by atoms with Crippen molar-refractivity contribution in [2.75, 3.05) is 39.9 Å². The van der Waals surface area contributed by atoms with E-state index >= 15 is 0 Å². The van der Waals surface area contributed by atoms with Gasteiger partial charge in [-0.2, -0.15) is 0 Å². The smallest absolute Gasteiger partial charge is 0.193 e. The number of aliphatic imine (C=N–C) groups is 1. The fourth-order valence-corrected chi connectivity index (χ4v) is 3.77. The highest BCUT2D eigenvalue weighted by molar-refractivity contribution is 14.0. The zero-order chi connectivity index (χ0) is 20.5. The second-order valence-electron chi connectivity index (χ2n) is 7.82. The van der Waals surface area contributed by atoms with Gasteiger partial charge in [-0.15, -0.1) is 24.0 Å². The van der Waals surface area contributed by atoms with Crippen molar-refractivity contribution >= 4 is 29.9 Å². The molecule has 2 saturated heterocycles. The highest BCUT2D eigenvalue weighted by Gasteiger charge is 2.24. The lowest BCUT2D eigenvalue weighted by atomic mass is 10.1. The molecule has 2 aliphatic heterocycles. The number of benzene rings is 1. The predicted octanol–water partition coefficient (Wildman–Crippen LogP) is 3.84. The zero-order valence-electron chi connectivity index (χ0n) is 18.0. The van der Waals surface area contributed by atoms with E-state index < -0.39 is 0 Å². The third-order valence-corrected chi connectivity index (χ3v) is 5.44. The van der Waals surface area contributed by atoms with Gasteiger partial charge >= 0.3 is 0 Å². The number of halogens is 2. The Kier molecular flexibility index (Phi) is 11.2. The van der Waals surface area contributed by atoms with E-state index in [-0.39, 0.29) is 42.0 Å². The number of likely N-dealkylation sites (tertiary alicyclic amines) is 1. The van der Waals surface area contributed by atoms with Crippen LogP contribution in [0.25, 0.3) is 0 Å². The second-order valence-corrected chi connectivity index (χ2v) is 7.82. The summed E-state index contributed by atoms with van der Waals surface area (Å²) < 4.78 is 30.7. The maximum atomic E-state index is 13.0. The van der Waals surface area contributed by atoms with Gasteiger partial charge in [0.25, 0.3) is 0 Å². The molecule has 2 heterocycles. The SMILES string of the molecule is CN=C(NCC(C)Oc1ccc(F)cc1)N1CCC(OCC2CCCCO2)CC1.I. The quantitative estimate of drug-likeness (QED) is 0.327. The maximum absolute atomic E-state index is 13.0. The van der Waals surface area contributed by atoms with Gasteiger partial charge in [0, 0.05) is 26.7 Å². The van der Waals surface area contributed by atoms with Gasteiger partial charge in [-0.05, 0) is 63.3 Å². The Labute approximate surface area is 196 Å². The van der Waals surface area contributed by atoms with Crippen LogP contribution in [0.1, 0.15) is 39.0 Å². The van der Waals surface area contributed by atoms with Gasteiger partial charge in [0.15, 0.2) is 5.96 Å². The molecule has 3 rings (SSSR count). The number of ether oxygens (including phenoxy) is 3. The lowest BCUT2D eigenvalue weighted by molar-refractivity contribution is -0.0721. The molecule has 0 aliphatic carbocycles. The average Bonchev–Trinajstić information content (AvgIpc) is 2.76. The van der Waals surface area contributed by atoms with Crippen LogP contribution in [0.5, 0.6) is 5.75 Å². The molecule has 1 aromatic carbocycles. The van der Waals surface area contributed by atoms with Crippen LogP contribution in [-0.2, 0) is 9.47 Å². The highest BCUT2D eigenvalue weighted by Crippen LogP contribution is 2.18. The molecule has 1 aromatic rings. The molecular weight excluding hydrogens is 500 g/mol. The summed E-state index contributed by atoms with van der Waals surface area (Å²) in [7, 11) is 1.80. The molecule has 8 heteroatoms. The molecule has 0 amide bonds. The van der Waals surface area contributed by atoms with E-state index in [9.17, 15) is 4.39 Å². The summed E-state index contributed by atoms with van der Waals surface area (Å²) in [5.74, 6) is 1.28. The Balaban J connectivity index is 0.00000320. The van der Waals surface area contributed by atoms with E-state index in [4.69, 9.17) is 14.2 Å². The number of hydrogen-bond donors (Lipinski definition) is 1. The lowest BCUT2D eigenvalue weighted by Crippen LogP contribution is -2.49. The molecule has 2 aliphatic rings. The van der Waals surface area contributed by atoms with Crippen LogP contribution in [0.15, 0.2) is 29.3 Å². The van der Waals surface area contributed by atoms with Crippen LogP contribution in [0, 0.1) is 5.82 Å². The van der Waals surface area contributed by atoms with Gasteiger partial charge in [0.05, 0.1) is 25.4 Å². The fourth-order valence-electron chi connectivity index (χ4n) is 3.77. The van der Waals surface area contributed by atoms with Gasteiger partial charge < -0.3 is 24.4 Å². The minimum Gasteiger partial charge on any atom is -0.489 e. The van der Waals surface area contributed by atoms with Gasteiger partial charge in [-0.1, -0.05) is 0 Å². The molecule has 2 fully saturated rings. The number of nitrogens with one attached hydrogen (secondary N) is 1. The van der Waals surface area contributed by atoms with Crippen molar-refractivity contribution in [1.82, 2.24) is 10.2 Å². The molecule has 0 bridgehead atoms. The Bertz CT molecular complexity index is 633.